The van der Waals surface area contributed by atoms with Crippen LogP contribution in [0.25, 0.3) is 10.2 Å². The fourth-order valence-corrected chi connectivity index (χ4v) is 3.05. The number of halogens is 1. The van der Waals surface area contributed by atoms with Crippen LogP contribution in [0.5, 0.6) is 0 Å². The average molecular weight is 318 g/mol. The molecule has 0 aliphatic heterocycles. The molecule has 106 valence electrons. The molecular formula is C15H12ClN3OS. The van der Waals surface area contributed by atoms with E-state index in [2.05, 4.69) is 15.6 Å². The highest BCUT2D eigenvalue weighted by Crippen LogP contribution is 2.27. The largest absolute Gasteiger partial charge is 0.387 e. The number of anilines is 2. The molecule has 0 saturated carbocycles. The second-order valence-corrected chi connectivity index (χ2v) is 5.85. The van der Waals surface area contributed by atoms with Crippen molar-refractivity contribution in [3.63, 3.8) is 0 Å². The van der Waals surface area contributed by atoms with Gasteiger partial charge in [-0.1, -0.05) is 35.1 Å². The molecule has 0 unspecified atom stereocenters. The molecular weight excluding hydrogens is 306 g/mol. The van der Waals surface area contributed by atoms with Crippen molar-refractivity contribution in [1.82, 2.24) is 4.98 Å². The van der Waals surface area contributed by atoms with Gasteiger partial charge in [-0.2, -0.15) is 0 Å². The topological polar surface area (TPSA) is 54.0 Å². The minimum atomic E-state index is -0.235. The van der Waals surface area contributed by atoms with Gasteiger partial charge in [0.05, 0.1) is 15.8 Å². The number of amides is 1. The van der Waals surface area contributed by atoms with E-state index in [4.69, 9.17) is 11.6 Å². The highest BCUT2D eigenvalue weighted by molar-refractivity contribution is 7.22. The lowest BCUT2D eigenvalue weighted by Crippen LogP contribution is -2.13. The van der Waals surface area contributed by atoms with Crippen molar-refractivity contribution < 1.29 is 4.79 Å². The summed E-state index contributed by atoms with van der Waals surface area (Å²) in [4.78, 5) is 16.8. The monoisotopic (exact) mass is 317 g/mol. The van der Waals surface area contributed by atoms with Gasteiger partial charge < -0.3 is 5.32 Å². The fraction of sp³-hybridized carbons (Fsp3) is 0.0667. The molecule has 1 aromatic heterocycles. The number of fused-ring (bicyclic) bond motifs is 1. The van der Waals surface area contributed by atoms with Crippen molar-refractivity contribution in [3.8, 4) is 0 Å². The van der Waals surface area contributed by atoms with Crippen LogP contribution in [0.15, 0.2) is 42.5 Å². The first-order valence-electron chi connectivity index (χ1n) is 6.31. The van der Waals surface area contributed by atoms with Crippen molar-refractivity contribution in [2.75, 3.05) is 17.7 Å². The molecule has 0 aliphatic carbocycles. The first-order valence-corrected chi connectivity index (χ1v) is 7.51. The lowest BCUT2D eigenvalue weighted by molar-refractivity contribution is 0.102. The Labute approximate surface area is 130 Å². The quantitative estimate of drug-likeness (QED) is 0.759. The van der Waals surface area contributed by atoms with Gasteiger partial charge in [-0.15, -0.1) is 0 Å². The number of thiazole rings is 1. The summed E-state index contributed by atoms with van der Waals surface area (Å²) in [7, 11) is 1.76. The third kappa shape index (κ3) is 2.84. The molecule has 3 aromatic rings. The Morgan fingerprint density at radius 2 is 2.05 bits per heavy atom. The zero-order chi connectivity index (χ0) is 14.8. The number of nitrogens with one attached hydrogen (secondary N) is 2. The second-order valence-electron chi connectivity index (χ2n) is 4.38. The summed E-state index contributed by atoms with van der Waals surface area (Å²) in [5.41, 5.74) is 2.08. The number of benzene rings is 2. The van der Waals surface area contributed by atoms with Crippen molar-refractivity contribution in [2.45, 2.75) is 0 Å². The average Bonchev–Trinajstić information content (AvgIpc) is 2.89. The summed E-state index contributed by atoms with van der Waals surface area (Å²) in [6.07, 6.45) is 0. The van der Waals surface area contributed by atoms with Crippen LogP contribution in [-0.2, 0) is 0 Å². The number of rotatable bonds is 3. The molecule has 0 spiro atoms. The zero-order valence-corrected chi connectivity index (χ0v) is 12.8. The van der Waals surface area contributed by atoms with E-state index in [1.165, 1.54) is 11.3 Å². The standard InChI is InChI=1S/C15H12ClN3OS/c1-17-11-7-6-9(16)8-10(11)14(20)19-15-18-12-4-2-3-5-13(12)21-15/h2-8,17H,1H3,(H,18,19,20). The van der Waals surface area contributed by atoms with Crippen LogP contribution in [0.3, 0.4) is 0 Å². The Kier molecular flexibility index (Phi) is 3.77. The fourth-order valence-electron chi connectivity index (χ4n) is 2.01. The second kappa shape index (κ2) is 5.71. The van der Waals surface area contributed by atoms with Crippen molar-refractivity contribution in [2.24, 2.45) is 0 Å². The zero-order valence-electron chi connectivity index (χ0n) is 11.2. The Morgan fingerprint density at radius 1 is 1.24 bits per heavy atom. The van der Waals surface area contributed by atoms with E-state index in [-0.39, 0.29) is 5.91 Å². The maximum atomic E-state index is 12.4. The summed E-state index contributed by atoms with van der Waals surface area (Å²) >= 11 is 7.41. The van der Waals surface area contributed by atoms with Crippen molar-refractivity contribution in [3.05, 3.63) is 53.1 Å². The van der Waals surface area contributed by atoms with Gasteiger partial charge in [0.25, 0.3) is 5.91 Å². The molecule has 4 nitrogen and oxygen atoms in total. The highest BCUT2D eigenvalue weighted by Gasteiger charge is 2.13. The maximum absolute atomic E-state index is 12.4. The van der Waals surface area contributed by atoms with Crippen molar-refractivity contribution in [1.29, 1.82) is 0 Å². The van der Waals surface area contributed by atoms with Gasteiger partial charge in [0.15, 0.2) is 5.13 Å². The van der Waals surface area contributed by atoms with E-state index in [1.54, 1.807) is 25.2 Å². The predicted molar refractivity (Wildman–Crippen MR) is 88.6 cm³/mol. The molecule has 2 aromatic carbocycles. The lowest BCUT2D eigenvalue weighted by atomic mass is 10.1. The molecule has 0 atom stereocenters. The van der Waals surface area contributed by atoms with Crippen LogP contribution < -0.4 is 10.6 Å². The van der Waals surface area contributed by atoms with Gasteiger partial charge in [-0.3, -0.25) is 10.1 Å². The molecule has 1 heterocycles. The number of aromatic nitrogens is 1. The maximum Gasteiger partial charge on any atom is 0.259 e. The molecule has 6 heteroatoms. The third-order valence-corrected chi connectivity index (χ3v) is 4.20. The first-order chi connectivity index (χ1) is 10.2. The van der Waals surface area contributed by atoms with Crippen LogP contribution in [-0.4, -0.2) is 17.9 Å². The van der Waals surface area contributed by atoms with Gasteiger partial charge in [0, 0.05) is 17.8 Å². The minimum absolute atomic E-state index is 0.235. The van der Waals surface area contributed by atoms with Crippen LogP contribution in [0.1, 0.15) is 10.4 Å². The van der Waals surface area contributed by atoms with Gasteiger partial charge in [0.2, 0.25) is 0 Å². The van der Waals surface area contributed by atoms with Gasteiger partial charge in [-0.25, -0.2) is 4.98 Å². The summed E-state index contributed by atoms with van der Waals surface area (Å²) in [5.74, 6) is -0.235. The van der Waals surface area contributed by atoms with E-state index < -0.39 is 0 Å². The Hall–Kier alpha value is -2.11. The summed E-state index contributed by atoms with van der Waals surface area (Å²) in [6.45, 7) is 0. The van der Waals surface area contributed by atoms with E-state index in [0.717, 1.165) is 15.9 Å². The Bertz CT molecular complexity index is 783. The lowest BCUT2D eigenvalue weighted by Gasteiger charge is -2.08. The number of carbonyl (C=O) groups excluding carboxylic acids is 1. The summed E-state index contributed by atoms with van der Waals surface area (Å²) < 4.78 is 1.03. The van der Waals surface area contributed by atoms with E-state index in [0.29, 0.717) is 15.7 Å². The van der Waals surface area contributed by atoms with Crippen molar-refractivity contribution >= 4 is 49.9 Å². The summed E-state index contributed by atoms with van der Waals surface area (Å²) in [6, 6.07) is 12.9. The molecule has 0 aliphatic rings. The van der Waals surface area contributed by atoms with Crippen LogP contribution >= 0.6 is 22.9 Å². The molecule has 2 N–H and O–H groups in total. The molecule has 0 radical (unpaired) electrons. The Morgan fingerprint density at radius 3 is 2.81 bits per heavy atom. The van der Waals surface area contributed by atoms with Crippen LogP contribution in [0, 0.1) is 0 Å². The van der Waals surface area contributed by atoms with Gasteiger partial charge >= 0.3 is 0 Å². The first kappa shape index (κ1) is 13.9. The molecule has 0 bridgehead atoms. The number of hydrogen-bond donors (Lipinski definition) is 2. The van der Waals surface area contributed by atoms with E-state index in [1.807, 2.05) is 24.3 Å². The third-order valence-electron chi connectivity index (χ3n) is 3.01. The molecule has 21 heavy (non-hydrogen) atoms. The SMILES string of the molecule is CNc1ccc(Cl)cc1C(=O)Nc1nc2ccccc2s1. The van der Waals surface area contributed by atoms with E-state index >= 15 is 0 Å². The predicted octanol–water partition coefficient (Wildman–Crippen LogP) is 4.24. The normalized spacial score (nSPS) is 10.6. The van der Waals surface area contributed by atoms with E-state index in [9.17, 15) is 4.79 Å². The van der Waals surface area contributed by atoms with Crippen LogP contribution in [0.4, 0.5) is 10.8 Å². The smallest absolute Gasteiger partial charge is 0.259 e. The molecule has 0 fully saturated rings. The van der Waals surface area contributed by atoms with Gasteiger partial charge in [-0.05, 0) is 30.3 Å². The summed E-state index contributed by atoms with van der Waals surface area (Å²) in [5, 5.41) is 6.89. The number of nitrogens with zero attached hydrogens (tertiary/aromatic N) is 1. The highest BCUT2D eigenvalue weighted by atomic mass is 35.5. The molecule has 0 saturated heterocycles. The molecule has 3 rings (SSSR count). The molecule has 1 amide bonds. The number of para-hydroxylation sites is 1. The number of carbonyl (C=O) groups is 1. The minimum Gasteiger partial charge on any atom is -0.387 e. The van der Waals surface area contributed by atoms with Crippen LogP contribution in [0.2, 0.25) is 5.02 Å². The Balaban J connectivity index is 1.90. The number of hydrogen-bond acceptors (Lipinski definition) is 4. The van der Waals surface area contributed by atoms with Gasteiger partial charge in [0.1, 0.15) is 0 Å².